The maximum absolute atomic E-state index is 8.85. The molecule has 3 rings (SSSR count). The lowest BCUT2D eigenvalue weighted by atomic mass is 9.70. The van der Waals surface area contributed by atoms with Gasteiger partial charge in [0.2, 0.25) is 5.88 Å². The maximum atomic E-state index is 8.85. The van der Waals surface area contributed by atoms with Crippen molar-refractivity contribution in [3.05, 3.63) is 18.1 Å². The lowest BCUT2D eigenvalue weighted by molar-refractivity contribution is 0.0269. The van der Waals surface area contributed by atoms with Crippen molar-refractivity contribution in [2.45, 2.75) is 46.1 Å². The number of aromatic nitrogens is 2. The Hall–Kier alpha value is -1.85. The highest BCUT2D eigenvalue weighted by atomic mass is 16.5. The lowest BCUT2D eigenvalue weighted by Crippen LogP contribution is -2.39. The molecule has 1 heterocycles. The van der Waals surface area contributed by atoms with Crippen LogP contribution in [0.15, 0.2) is 17.5 Å². The number of amidine groups is 1. The second kappa shape index (κ2) is 4.58. The quantitative estimate of drug-likeness (QED) is 0.385. The number of fused-ring (bicyclic) bond motifs is 2. The van der Waals surface area contributed by atoms with E-state index in [2.05, 4.69) is 35.9 Å². The molecule has 0 spiro atoms. The van der Waals surface area contributed by atoms with Gasteiger partial charge in [0.15, 0.2) is 11.5 Å². The zero-order chi connectivity index (χ0) is 15.3. The maximum Gasteiger partial charge on any atom is 0.244 e. The van der Waals surface area contributed by atoms with Crippen LogP contribution in [-0.4, -0.2) is 27.1 Å². The number of nitrogens with zero attached hydrogens (tertiary/aromatic N) is 3. The minimum Gasteiger partial charge on any atom is -0.472 e. The molecule has 3 atom stereocenters. The fraction of sp³-hybridized carbons (Fsp3) is 0.667. The minimum atomic E-state index is -0.0781. The van der Waals surface area contributed by atoms with Crippen molar-refractivity contribution < 1.29 is 9.94 Å². The van der Waals surface area contributed by atoms with Crippen LogP contribution < -0.4 is 10.5 Å². The van der Waals surface area contributed by atoms with Crippen LogP contribution in [0, 0.1) is 16.7 Å². The summed E-state index contributed by atoms with van der Waals surface area (Å²) in [5.74, 6) is 0.949. The Morgan fingerprint density at radius 3 is 2.67 bits per heavy atom. The number of oxime groups is 1. The van der Waals surface area contributed by atoms with Crippen molar-refractivity contribution in [2.24, 2.45) is 27.6 Å². The van der Waals surface area contributed by atoms with Gasteiger partial charge in [-0.15, -0.1) is 0 Å². The van der Waals surface area contributed by atoms with Crippen molar-refractivity contribution >= 4 is 5.84 Å². The summed E-state index contributed by atoms with van der Waals surface area (Å²) in [5.41, 5.74) is 6.33. The van der Waals surface area contributed by atoms with Gasteiger partial charge in [-0.3, -0.25) is 0 Å². The van der Waals surface area contributed by atoms with Gasteiger partial charge < -0.3 is 15.7 Å². The average molecular weight is 290 g/mol. The number of hydrogen-bond donors (Lipinski definition) is 2. The summed E-state index contributed by atoms with van der Waals surface area (Å²) in [6.07, 6.45) is 6.60. The molecule has 2 aliphatic rings. The van der Waals surface area contributed by atoms with E-state index in [0.29, 0.717) is 17.5 Å². The third-order valence-electron chi connectivity index (χ3n) is 5.98. The molecular formula is C15H22N4O2. The van der Waals surface area contributed by atoms with E-state index in [-0.39, 0.29) is 22.8 Å². The third-order valence-corrected chi connectivity index (χ3v) is 5.98. The van der Waals surface area contributed by atoms with E-state index in [4.69, 9.17) is 15.7 Å². The van der Waals surface area contributed by atoms with Crippen molar-refractivity contribution in [3.8, 4) is 5.88 Å². The molecule has 0 aromatic carbocycles. The Labute approximate surface area is 124 Å². The predicted octanol–water partition coefficient (Wildman–Crippen LogP) is 2.16. The van der Waals surface area contributed by atoms with Gasteiger partial charge in [0, 0.05) is 17.8 Å². The van der Waals surface area contributed by atoms with Crippen LogP contribution >= 0.6 is 0 Å². The topological polar surface area (TPSA) is 93.6 Å². The molecule has 2 aliphatic carbocycles. The van der Waals surface area contributed by atoms with Gasteiger partial charge in [-0.2, -0.15) is 0 Å². The van der Waals surface area contributed by atoms with Gasteiger partial charge in [-0.05, 0) is 30.6 Å². The Morgan fingerprint density at radius 2 is 2.10 bits per heavy atom. The average Bonchev–Trinajstić information content (AvgIpc) is 2.80. The molecule has 2 fully saturated rings. The number of ether oxygens (including phenoxy) is 1. The number of nitrogens with two attached hydrogens (primary N) is 1. The van der Waals surface area contributed by atoms with E-state index in [1.165, 1.54) is 12.6 Å². The van der Waals surface area contributed by atoms with Gasteiger partial charge in [-0.1, -0.05) is 25.9 Å². The van der Waals surface area contributed by atoms with E-state index >= 15 is 0 Å². The first-order valence-corrected chi connectivity index (χ1v) is 7.35. The van der Waals surface area contributed by atoms with Gasteiger partial charge in [0.05, 0.1) is 0 Å². The molecule has 0 radical (unpaired) electrons. The molecule has 1 aromatic heterocycles. The van der Waals surface area contributed by atoms with Gasteiger partial charge >= 0.3 is 0 Å². The molecule has 3 unspecified atom stereocenters. The zero-order valence-electron chi connectivity index (χ0n) is 12.7. The van der Waals surface area contributed by atoms with Crippen molar-refractivity contribution in [3.63, 3.8) is 0 Å². The first-order chi connectivity index (χ1) is 9.90. The van der Waals surface area contributed by atoms with Crippen LogP contribution in [0.1, 0.15) is 45.7 Å². The Morgan fingerprint density at radius 1 is 1.38 bits per heavy atom. The molecule has 0 aliphatic heterocycles. The highest BCUT2D eigenvalue weighted by Gasteiger charge is 2.62. The summed E-state index contributed by atoms with van der Waals surface area (Å²) in [4.78, 5) is 8.33. The fourth-order valence-electron chi connectivity index (χ4n) is 4.08. The molecule has 6 nitrogen and oxygen atoms in total. The normalized spacial score (nSPS) is 34.1. The van der Waals surface area contributed by atoms with Crippen LogP contribution in [-0.2, 0) is 0 Å². The van der Waals surface area contributed by atoms with E-state index in [0.717, 1.165) is 12.8 Å². The van der Waals surface area contributed by atoms with Crippen LogP contribution in [0.3, 0.4) is 0 Å². The van der Waals surface area contributed by atoms with Gasteiger partial charge in [0.1, 0.15) is 6.10 Å². The first-order valence-electron chi connectivity index (χ1n) is 7.35. The SMILES string of the molecule is CC1(C)C2CCC1(C)C(Oc1nccnc1C(N)=NO)C2. The van der Waals surface area contributed by atoms with E-state index in [1.54, 1.807) is 6.20 Å². The molecule has 2 saturated carbocycles. The second-order valence-electron chi connectivity index (χ2n) is 6.91. The van der Waals surface area contributed by atoms with E-state index < -0.39 is 0 Å². The highest BCUT2D eigenvalue weighted by molar-refractivity contribution is 5.97. The number of hydrogen-bond acceptors (Lipinski definition) is 5. The van der Waals surface area contributed by atoms with Gasteiger partial charge in [0.25, 0.3) is 0 Å². The van der Waals surface area contributed by atoms with Crippen LogP contribution in [0.5, 0.6) is 5.88 Å². The molecule has 21 heavy (non-hydrogen) atoms. The van der Waals surface area contributed by atoms with E-state index in [9.17, 15) is 0 Å². The summed E-state index contributed by atoms with van der Waals surface area (Å²) < 4.78 is 6.16. The van der Waals surface area contributed by atoms with Crippen molar-refractivity contribution in [1.82, 2.24) is 9.97 Å². The Balaban J connectivity index is 1.90. The van der Waals surface area contributed by atoms with Crippen molar-refractivity contribution in [1.29, 1.82) is 0 Å². The third kappa shape index (κ3) is 1.88. The smallest absolute Gasteiger partial charge is 0.244 e. The minimum absolute atomic E-state index is 0.0781. The summed E-state index contributed by atoms with van der Waals surface area (Å²) in [6, 6.07) is 0. The Kier molecular flexibility index (Phi) is 3.07. The van der Waals surface area contributed by atoms with E-state index in [1.807, 2.05) is 0 Å². The lowest BCUT2D eigenvalue weighted by Gasteiger charge is -2.38. The van der Waals surface area contributed by atoms with Crippen LogP contribution in [0.25, 0.3) is 0 Å². The first kappa shape index (κ1) is 14.1. The van der Waals surface area contributed by atoms with Crippen molar-refractivity contribution in [2.75, 3.05) is 0 Å². The largest absolute Gasteiger partial charge is 0.472 e. The molecule has 6 heteroatoms. The summed E-state index contributed by atoms with van der Waals surface area (Å²) >= 11 is 0. The summed E-state index contributed by atoms with van der Waals surface area (Å²) in [5, 5.41) is 11.9. The molecule has 1 aromatic rings. The highest BCUT2D eigenvalue weighted by Crippen LogP contribution is 2.66. The molecule has 0 amide bonds. The fourth-order valence-corrected chi connectivity index (χ4v) is 4.08. The second-order valence-corrected chi connectivity index (χ2v) is 6.91. The summed E-state index contributed by atoms with van der Waals surface area (Å²) in [7, 11) is 0. The van der Waals surface area contributed by atoms with Crippen LogP contribution in [0.2, 0.25) is 0 Å². The zero-order valence-corrected chi connectivity index (χ0v) is 12.7. The summed E-state index contributed by atoms with van der Waals surface area (Å²) in [6.45, 7) is 6.95. The molecule has 3 N–H and O–H groups in total. The standard InChI is InChI=1S/C15H22N4O2/c1-14(2)9-4-5-15(14,3)10(8-9)21-13-11(12(16)19-20)17-6-7-18-13/h6-7,9-10,20H,4-5,8H2,1-3H3,(H2,16,19). The Bertz CT molecular complexity index is 587. The number of rotatable bonds is 3. The van der Waals surface area contributed by atoms with Crippen LogP contribution in [0.4, 0.5) is 0 Å². The molecule has 2 bridgehead atoms. The molecule has 0 saturated heterocycles. The molecule has 114 valence electrons. The molecular weight excluding hydrogens is 268 g/mol. The van der Waals surface area contributed by atoms with Gasteiger partial charge in [-0.25, -0.2) is 9.97 Å². The monoisotopic (exact) mass is 290 g/mol. The predicted molar refractivity (Wildman–Crippen MR) is 78.2 cm³/mol.